The SMILES string of the molecule is O=C(O)C1C2CC21. The molecular formula is C5H6O2. The Labute approximate surface area is 41.1 Å². The molecule has 0 saturated heterocycles. The van der Waals surface area contributed by atoms with Gasteiger partial charge in [0.05, 0.1) is 5.92 Å². The van der Waals surface area contributed by atoms with E-state index in [4.69, 9.17) is 5.11 Å². The molecule has 1 N–H and O–H groups in total. The summed E-state index contributed by atoms with van der Waals surface area (Å²) in [7, 11) is 0. The Balaban J connectivity index is 2.02. The van der Waals surface area contributed by atoms with Crippen LogP contribution in [0.1, 0.15) is 6.42 Å². The second kappa shape index (κ2) is 0.703. The van der Waals surface area contributed by atoms with Gasteiger partial charge < -0.3 is 5.11 Å². The van der Waals surface area contributed by atoms with Crippen LogP contribution >= 0.6 is 0 Å². The van der Waals surface area contributed by atoms with Crippen LogP contribution in [0, 0.1) is 17.8 Å². The van der Waals surface area contributed by atoms with E-state index in [1.54, 1.807) is 0 Å². The fraction of sp³-hybridized carbons (Fsp3) is 0.800. The quantitative estimate of drug-likeness (QED) is 0.513. The van der Waals surface area contributed by atoms with Crippen LogP contribution in [0.4, 0.5) is 0 Å². The second-order valence-corrected chi connectivity index (χ2v) is 2.43. The van der Waals surface area contributed by atoms with Gasteiger partial charge in [-0.1, -0.05) is 0 Å². The Kier molecular flexibility index (Phi) is 0.348. The Morgan fingerprint density at radius 1 is 1.57 bits per heavy atom. The lowest BCUT2D eigenvalue weighted by Crippen LogP contribution is -2.03. The molecule has 0 spiro atoms. The molecule has 0 radical (unpaired) electrons. The molecule has 2 heteroatoms. The van der Waals surface area contributed by atoms with Gasteiger partial charge in [-0.05, 0) is 18.3 Å². The topological polar surface area (TPSA) is 37.3 Å². The molecule has 2 fully saturated rings. The lowest BCUT2D eigenvalue weighted by atomic mass is 10.2. The average molecular weight is 98.1 g/mol. The summed E-state index contributed by atoms with van der Waals surface area (Å²) >= 11 is 0. The van der Waals surface area contributed by atoms with Crippen molar-refractivity contribution >= 4 is 5.97 Å². The van der Waals surface area contributed by atoms with Crippen LogP contribution in [-0.2, 0) is 4.79 Å². The fourth-order valence-corrected chi connectivity index (χ4v) is 1.14. The van der Waals surface area contributed by atoms with E-state index < -0.39 is 5.97 Å². The molecular weight excluding hydrogens is 92.1 g/mol. The Morgan fingerprint density at radius 2 is 2.14 bits per heavy atom. The van der Waals surface area contributed by atoms with Crippen molar-refractivity contribution < 1.29 is 9.90 Å². The monoisotopic (exact) mass is 98.0 g/mol. The lowest BCUT2D eigenvalue weighted by molar-refractivity contribution is -0.139. The molecule has 0 aromatic heterocycles. The van der Waals surface area contributed by atoms with Gasteiger partial charge in [-0.2, -0.15) is 0 Å². The predicted octanol–water partition coefficient (Wildman–Crippen LogP) is 0.337. The number of fused-ring (bicyclic) bond motifs is 1. The van der Waals surface area contributed by atoms with Gasteiger partial charge in [0.1, 0.15) is 0 Å². The number of hydrogen-bond donors (Lipinski definition) is 1. The highest BCUT2D eigenvalue weighted by Crippen LogP contribution is 2.68. The van der Waals surface area contributed by atoms with E-state index in [1.807, 2.05) is 0 Å². The van der Waals surface area contributed by atoms with Crippen LogP contribution in [0.2, 0.25) is 0 Å². The van der Waals surface area contributed by atoms with Gasteiger partial charge in [-0.25, -0.2) is 0 Å². The maximum Gasteiger partial charge on any atom is 0.307 e. The van der Waals surface area contributed by atoms with E-state index in [1.165, 1.54) is 6.42 Å². The highest BCUT2D eigenvalue weighted by atomic mass is 16.4. The smallest absolute Gasteiger partial charge is 0.307 e. The molecule has 2 saturated carbocycles. The standard InChI is InChI=1S/C5H6O2/c6-5(7)4-2-1-3(2)4/h2-4H,1H2,(H,6,7). The third-order valence-electron chi connectivity index (χ3n) is 1.96. The molecule has 2 aliphatic carbocycles. The maximum atomic E-state index is 10.0. The molecule has 0 heterocycles. The van der Waals surface area contributed by atoms with E-state index in [0.717, 1.165) is 0 Å². The summed E-state index contributed by atoms with van der Waals surface area (Å²) in [4.78, 5) is 10.0. The number of aliphatic carboxylic acids is 1. The molecule has 2 aliphatic rings. The van der Waals surface area contributed by atoms with Crippen molar-refractivity contribution in [3.8, 4) is 0 Å². The van der Waals surface area contributed by atoms with E-state index >= 15 is 0 Å². The van der Waals surface area contributed by atoms with E-state index in [9.17, 15) is 4.79 Å². The zero-order valence-electron chi connectivity index (χ0n) is 3.79. The van der Waals surface area contributed by atoms with Crippen molar-refractivity contribution in [2.24, 2.45) is 17.8 Å². The Bertz CT molecular complexity index is 122. The molecule has 0 aromatic rings. The van der Waals surface area contributed by atoms with E-state index in [0.29, 0.717) is 11.8 Å². The van der Waals surface area contributed by atoms with Gasteiger partial charge >= 0.3 is 5.97 Å². The van der Waals surface area contributed by atoms with Crippen LogP contribution in [-0.4, -0.2) is 11.1 Å². The molecule has 2 rings (SSSR count). The lowest BCUT2D eigenvalue weighted by Gasteiger charge is -1.89. The van der Waals surface area contributed by atoms with E-state index in [-0.39, 0.29) is 5.92 Å². The van der Waals surface area contributed by atoms with Crippen LogP contribution in [0.25, 0.3) is 0 Å². The Hall–Kier alpha value is -0.530. The summed E-state index contributed by atoms with van der Waals surface area (Å²) in [6, 6.07) is 0. The molecule has 38 valence electrons. The van der Waals surface area contributed by atoms with Crippen molar-refractivity contribution in [3.63, 3.8) is 0 Å². The summed E-state index contributed by atoms with van der Waals surface area (Å²) < 4.78 is 0. The first kappa shape index (κ1) is 3.47. The molecule has 0 bridgehead atoms. The van der Waals surface area contributed by atoms with E-state index in [2.05, 4.69) is 0 Å². The zero-order valence-corrected chi connectivity index (χ0v) is 3.79. The van der Waals surface area contributed by atoms with Crippen LogP contribution < -0.4 is 0 Å². The first-order valence-corrected chi connectivity index (χ1v) is 2.53. The summed E-state index contributed by atoms with van der Waals surface area (Å²) in [5, 5.41) is 8.25. The zero-order chi connectivity index (χ0) is 5.02. The number of carbonyl (C=O) groups is 1. The van der Waals surface area contributed by atoms with Crippen molar-refractivity contribution in [1.82, 2.24) is 0 Å². The van der Waals surface area contributed by atoms with Gasteiger partial charge in [0.2, 0.25) is 0 Å². The Morgan fingerprint density at radius 3 is 2.14 bits per heavy atom. The predicted molar refractivity (Wildman–Crippen MR) is 22.7 cm³/mol. The molecule has 0 amide bonds. The third kappa shape index (κ3) is 0.275. The third-order valence-corrected chi connectivity index (χ3v) is 1.96. The second-order valence-electron chi connectivity index (χ2n) is 2.43. The molecule has 0 aromatic carbocycles. The fourth-order valence-electron chi connectivity index (χ4n) is 1.14. The molecule has 7 heavy (non-hydrogen) atoms. The molecule has 2 atom stereocenters. The van der Waals surface area contributed by atoms with Crippen LogP contribution in [0.5, 0.6) is 0 Å². The largest absolute Gasteiger partial charge is 0.481 e. The number of rotatable bonds is 1. The molecule has 0 aliphatic heterocycles. The maximum absolute atomic E-state index is 10.0. The number of hydrogen-bond acceptors (Lipinski definition) is 1. The van der Waals surface area contributed by atoms with Gasteiger partial charge in [0, 0.05) is 0 Å². The van der Waals surface area contributed by atoms with Gasteiger partial charge in [-0.15, -0.1) is 0 Å². The summed E-state index contributed by atoms with van der Waals surface area (Å²) in [5.41, 5.74) is 0. The van der Waals surface area contributed by atoms with Gasteiger partial charge in [0.25, 0.3) is 0 Å². The first-order chi connectivity index (χ1) is 3.30. The van der Waals surface area contributed by atoms with Gasteiger partial charge in [0.15, 0.2) is 0 Å². The van der Waals surface area contributed by atoms with Crippen LogP contribution in [0.3, 0.4) is 0 Å². The highest BCUT2D eigenvalue weighted by Gasteiger charge is 2.68. The van der Waals surface area contributed by atoms with Crippen molar-refractivity contribution in [1.29, 1.82) is 0 Å². The number of carboxylic acids is 1. The average Bonchev–Trinajstić information content (AvgIpc) is 2.02. The molecule has 2 nitrogen and oxygen atoms in total. The summed E-state index contributed by atoms with van der Waals surface area (Å²) in [6.45, 7) is 0. The minimum atomic E-state index is -0.582. The van der Waals surface area contributed by atoms with Crippen molar-refractivity contribution in [3.05, 3.63) is 0 Å². The molecule has 2 unspecified atom stereocenters. The minimum absolute atomic E-state index is 0.0833. The highest BCUT2D eigenvalue weighted by molar-refractivity contribution is 5.76. The first-order valence-electron chi connectivity index (χ1n) is 2.53. The van der Waals surface area contributed by atoms with Crippen molar-refractivity contribution in [2.75, 3.05) is 0 Å². The van der Waals surface area contributed by atoms with Gasteiger partial charge in [-0.3, -0.25) is 4.79 Å². The van der Waals surface area contributed by atoms with Crippen LogP contribution in [0.15, 0.2) is 0 Å². The normalized spacial score (nSPS) is 52.9. The minimum Gasteiger partial charge on any atom is -0.481 e. The summed E-state index contributed by atoms with van der Waals surface area (Å²) in [5.74, 6) is 0.719. The van der Waals surface area contributed by atoms with Crippen molar-refractivity contribution in [2.45, 2.75) is 6.42 Å². The number of carboxylic acid groups (broad SMARTS) is 1. The summed E-state index contributed by atoms with van der Waals surface area (Å²) in [6.07, 6.45) is 1.19.